The van der Waals surface area contributed by atoms with Crippen molar-refractivity contribution in [3.8, 4) is 0 Å². The molecule has 1 aromatic rings. The Morgan fingerprint density at radius 3 is 2.58 bits per heavy atom. The standard InChI is InChI=1S/C13H14BrFN2O2/c1-6-4-10(15)9(14)5-11(6)17-8(3)12(18)16-7(2)13(17)19/h4-5,7-8H,1-3H3,(H,16,18). The summed E-state index contributed by atoms with van der Waals surface area (Å²) < 4.78 is 13.7. The number of hydrogen-bond acceptors (Lipinski definition) is 2. The average Bonchev–Trinajstić information content (AvgIpc) is 2.33. The lowest BCUT2D eigenvalue weighted by atomic mass is 10.1. The molecule has 1 aromatic carbocycles. The van der Waals surface area contributed by atoms with Crippen LogP contribution in [0.3, 0.4) is 0 Å². The van der Waals surface area contributed by atoms with Gasteiger partial charge in [-0.25, -0.2) is 4.39 Å². The van der Waals surface area contributed by atoms with Crippen molar-refractivity contribution in [2.75, 3.05) is 4.90 Å². The maximum atomic E-state index is 13.4. The van der Waals surface area contributed by atoms with Crippen LogP contribution in [0.15, 0.2) is 16.6 Å². The summed E-state index contributed by atoms with van der Waals surface area (Å²) in [5.41, 5.74) is 1.16. The molecule has 1 aliphatic heterocycles. The maximum absolute atomic E-state index is 13.4. The third kappa shape index (κ3) is 2.36. The first-order valence-electron chi connectivity index (χ1n) is 5.92. The quantitative estimate of drug-likeness (QED) is 0.858. The first-order valence-corrected chi connectivity index (χ1v) is 6.71. The van der Waals surface area contributed by atoms with Crippen molar-refractivity contribution in [1.82, 2.24) is 5.32 Å². The first kappa shape index (κ1) is 14.0. The molecule has 0 saturated carbocycles. The second-order valence-electron chi connectivity index (χ2n) is 4.67. The molecule has 2 unspecified atom stereocenters. The van der Waals surface area contributed by atoms with Gasteiger partial charge in [0.25, 0.3) is 0 Å². The molecule has 0 spiro atoms. The van der Waals surface area contributed by atoms with Crippen molar-refractivity contribution in [2.24, 2.45) is 0 Å². The lowest BCUT2D eigenvalue weighted by molar-refractivity contribution is -0.133. The summed E-state index contributed by atoms with van der Waals surface area (Å²) in [5, 5.41) is 2.61. The number of halogens is 2. The number of nitrogens with zero attached hydrogens (tertiary/aromatic N) is 1. The Morgan fingerprint density at radius 2 is 1.95 bits per heavy atom. The third-order valence-electron chi connectivity index (χ3n) is 3.23. The molecule has 19 heavy (non-hydrogen) atoms. The Hall–Kier alpha value is -1.43. The second kappa shape index (κ2) is 4.92. The molecule has 1 heterocycles. The van der Waals surface area contributed by atoms with Crippen LogP contribution in [0, 0.1) is 12.7 Å². The van der Waals surface area contributed by atoms with Gasteiger partial charge in [-0.15, -0.1) is 0 Å². The molecular formula is C13H14BrFN2O2. The van der Waals surface area contributed by atoms with Gasteiger partial charge in [0.1, 0.15) is 17.9 Å². The van der Waals surface area contributed by atoms with Crippen molar-refractivity contribution in [1.29, 1.82) is 0 Å². The fourth-order valence-electron chi connectivity index (χ4n) is 2.14. The summed E-state index contributed by atoms with van der Waals surface area (Å²) >= 11 is 3.10. The number of benzene rings is 1. The molecule has 0 bridgehead atoms. The van der Waals surface area contributed by atoms with E-state index >= 15 is 0 Å². The molecule has 4 nitrogen and oxygen atoms in total. The van der Waals surface area contributed by atoms with Crippen LogP contribution in [0.1, 0.15) is 19.4 Å². The summed E-state index contributed by atoms with van der Waals surface area (Å²) in [6.45, 7) is 4.99. The van der Waals surface area contributed by atoms with Gasteiger partial charge in [-0.1, -0.05) is 0 Å². The number of anilines is 1. The number of carbonyl (C=O) groups is 2. The van der Waals surface area contributed by atoms with Gasteiger partial charge < -0.3 is 5.32 Å². The van der Waals surface area contributed by atoms with E-state index in [0.717, 1.165) is 0 Å². The maximum Gasteiger partial charge on any atom is 0.250 e. The number of piperazine rings is 1. The Labute approximate surface area is 119 Å². The SMILES string of the molecule is Cc1cc(F)c(Br)cc1N1C(=O)C(C)NC(=O)C1C. The van der Waals surface area contributed by atoms with Crippen LogP contribution in [0.4, 0.5) is 10.1 Å². The Bertz CT molecular complexity index is 562. The number of nitrogens with one attached hydrogen (secondary N) is 1. The monoisotopic (exact) mass is 328 g/mol. The van der Waals surface area contributed by atoms with Gasteiger partial charge >= 0.3 is 0 Å². The zero-order valence-corrected chi connectivity index (χ0v) is 12.4. The molecule has 0 radical (unpaired) electrons. The lowest BCUT2D eigenvalue weighted by Crippen LogP contribution is -2.61. The van der Waals surface area contributed by atoms with Gasteiger partial charge in [0.15, 0.2) is 0 Å². The number of amides is 2. The highest BCUT2D eigenvalue weighted by atomic mass is 79.9. The van der Waals surface area contributed by atoms with Crippen molar-refractivity contribution in [2.45, 2.75) is 32.9 Å². The van der Waals surface area contributed by atoms with Gasteiger partial charge in [-0.2, -0.15) is 0 Å². The smallest absolute Gasteiger partial charge is 0.250 e. The number of rotatable bonds is 1. The van der Waals surface area contributed by atoms with E-state index in [-0.39, 0.29) is 16.3 Å². The van der Waals surface area contributed by atoms with E-state index in [2.05, 4.69) is 21.2 Å². The van der Waals surface area contributed by atoms with E-state index < -0.39 is 17.9 Å². The van der Waals surface area contributed by atoms with Crippen LogP contribution in [0.2, 0.25) is 0 Å². The Morgan fingerprint density at radius 1 is 1.32 bits per heavy atom. The molecule has 1 fully saturated rings. The second-order valence-corrected chi connectivity index (χ2v) is 5.52. The van der Waals surface area contributed by atoms with Gasteiger partial charge in [0, 0.05) is 5.69 Å². The zero-order chi connectivity index (χ0) is 14.3. The topological polar surface area (TPSA) is 49.4 Å². The van der Waals surface area contributed by atoms with Crippen molar-refractivity contribution < 1.29 is 14.0 Å². The number of aryl methyl sites for hydroxylation is 1. The number of hydrogen-bond donors (Lipinski definition) is 1. The normalized spacial score (nSPS) is 23.5. The molecule has 1 aliphatic rings. The molecule has 0 aliphatic carbocycles. The highest BCUT2D eigenvalue weighted by Crippen LogP contribution is 2.30. The van der Waals surface area contributed by atoms with E-state index in [9.17, 15) is 14.0 Å². The van der Waals surface area contributed by atoms with Crippen LogP contribution in [-0.4, -0.2) is 23.9 Å². The predicted octanol–water partition coefficient (Wildman–Crippen LogP) is 2.14. The predicted molar refractivity (Wildman–Crippen MR) is 73.4 cm³/mol. The molecule has 102 valence electrons. The number of carbonyl (C=O) groups excluding carboxylic acids is 2. The van der Waals surface area contributed by atoms with E-state index in [1.807, 2.05) is 0 Å². The van der Waals surface area contributed by atoms with E-state index in [1.165, 1.54) is 17.0 Å². The summed E-state index contributed by atoms with van der Waals surface area (Å²) in [6, 6.07) is 1.69. The summed E-state index contributed by atoms with van der Waals surface area (Å²) in [6.07, 6.45) is 0. The Balaban J connectivity index is 2.52. The van der Waals surface area contributed by atoms with Gasteiger partial charge in [0.2, 0.25) is 11.8 Å². The van der Waals surface area contributed by atoms with Gasteiger partial charge in [-0.05, 0) is 54.4 Å². The minimum Gasteiger partial charge on any atom is -0.343 e. The fourth-order valence-corrected chi connectivity index (χ4v) is 2.47. The minimum atomic E-state index is -0.611. The molecular weight excluding hydrogens is 315 g/mol. The zero-order valence-electron chi connectivity index (χ0n) is 10.8. The lowest BCUT2D eigenvalue weighted by Gasteiger charge is -2.37. The molecule has 2 atom stereocenters. The fraction of sp³-hybridized carbons (Fsp3) is 0.385. The Kier molecular flexibility index (Phi) is 3.62. The van der Waals surface area contributed by atoms with Crippen LogP contribution >= 0.6 is 15.9 Å². The molecule has 2 rings (SSSR count). The van der Waals surface area contributed by atoms with Crippen LogP contribution in [-0.2, 0) is 9.59 Å². The molecule has 6 heteroatoms. The highest BCUT2D eigenvalue weighted by Gasteiger charge is 2.37. The van der Waals surface area contributed by atoms with Crippen LogP contribution in [0.25, 0.3) is 0 Å². The van der Waals surface area contributed by atoms with E-state index in [0.29, 0.717) is 11.3 Å². The molecule has 1 N–H and O–H groups in total. The first-order chi connectivity index (χ1) is 8.82. The van der Waals surface area contributed by atoms with Gasteiger partial charge in [0.05, 0.1) is 4.47 Å². The summed E-state index contributed by atoms with van der Waals surface area (Å²) in [5.74, 6) is -0.809. The van der Waals surface area contributed by atoms with E-state index in [4.69, 9.17) is 0 Å². The third-order valence-corrected chi connectivity index (χ3v) is 3.84. The molecule has 0 aromatic heterocycles. The van der Waals surface area contributed by atoms with Crippen molar-refractivity contribution in [3.05, 3.63) is 28.0 Å². The minimum absolute atomic E-state index is 0.200. The van der Waals surface area contributed by atoms with Crippen molar-refractivity contribution in [3.63, 3.8) is 0 Å². The van der Waals surface area contributed by atoms with E-state index in [1.54, 1.807) is 20.8 Å². The summed E-state index contributed by atoms with van der Waals surface area (Å²) in [4.78, 5) is 25.5. The van der Waals surface area contributed by atoms with Gasteiger partial charge in [-0.3, -0.25) is 14.5 Å². The molecule has 2 amide bonds. The summed E-state index contributed by atoms with van der Waals surface area (Å²) in [7, 11) is 0. The average molecular weight is 329 g/mol. The van der Waals surface area contributed by atoms with Crippen LogP contribution in [0.5, 0.6) is 0 Å². The van der Waals surface area contributed by atoms with Crippen molar-refractivity contribution >= 4 is 33.4 Å². The highest BCUT2D eigenvalue weighted by molar-refractivity contribution is 9.10. The largest absolute Gasteiger partial charge is 0.343 e. The van der Waals surface area contributed by atoms with Crippen LogP contribution < -0.4 is 10.2 Å². The molecule has 1 saturated heterocycles.